The number of nitrogens with zero attached hydrogens (tertiary/aromatic N) is 3. The van der Waals surface area contributed by atoms with Gasteiger partial charge in [-0.1, -0.05) is 36.4 Å². The summed E-state index contributed by atoms with van der Waals surface area (Å²) in [5.74, 6) is 0.164. The van der Waals surface area contributed by atoms with E-state index in [2.05, 4.69) is 20.8 Å². The van der Waals surface area contributed by atoms with Gasteiger partial charge < -0.3 is 15.5 Å². The molecule has 0 spiro atoms. The minimum absolute atomic E-state index is 0.139. The minimum Gasteiger partial charge on any atom is -0.339 e. The van der Waals surface area contributed by atoms with Crippen molar-refractivity contribution in [2.24, 2.45) is 0 Å². The van der Waals surface area contributed by atoms with Crippen molar-refractivity contribution in [1.29, 1.82) is 0 Å². The normalized spacial score (nSPS) is 10.2. The van der Waals surface area contributed by atoms with Crippen LogP contribution >= 0.6 is 0 Å². The van der Waals surface area contributed by atoms with E-state index in [-0.39, 0.29) is 17.5 Å². The Balaban J connectivity index is 1.64. The second-order valence-corrected chi connectivity index (χ2v) is 6.34. The van der Waals surface area contributed by atoms with Crippen molar-refractivity contribution >= 4 is 29.0 Å². The molecule has 0 radical (unpaired) electrons. The monoisotopic (exact) mass is 375 g/mol. The Labute approximate surface area is 163 Å². The predicted molar refractivity (Wildman–Crippen MR) is 108 cm³/mol. The third kappa shape index (κ3) is 5.14. The number of rotatable bonds is 6. The summed E-state index contributed by atoms with van der Waals surface area (Å²) in [6.45, 7) is 1.95. The molecule has 2 amide bonds. The lowest BCUT2D eigenvalue weighted by Gasteiger charge is -2.16. The van der Waals surface area contributed by atoms with Crippen LogP contribution in [0.15, 0.2) is 66.7 Å². The molecule has 3 rings (SSSR count). The van der Waals surface area contributed by atoms with Gasteiger partial charge in [-0.25, -0.2) is 0 Å². The SMILES string of the molecule is CC(=O)Nc1cccc(Nc2ccc(C(=O)N(C)Cc3ccccc3)nn2)c1. The van der Waals surface area contributed by atoms with Crippen molar-refractivity contribution in [2.75, 3.05) is 17.7 Å². The van der Waals surface area contributed by atoms with E-state index in [0.29, 0.717) is 18.1 Å². The van der Waals surface area contributed by atoms with Gasteiger partial charge in [-0.2, -0.15) is 0 Å². The van der Waals surface area contributed by atoms with Gasteiger partial charge >= 0.3 is 0 Å². The van der Waals surface area contributed by atoms with Crippen molar-refractivity contribution < 1.29 is 9.59 Å². The van der Waals surface area contributed by atoms with Crippen LogP contribution in [0.25, 0.3) is 0 Å². The van der Waals surface area contributed by atoms with E-state index in [1.54, 1.807) is 36.2 Å². The van der Waals surface area contributed by atoms with Crippen LogP contribution in [0.4, 0.5) is 17.2 Å². The Morgan fingerprint density at radius 3 is 2.36 bits per heavy atom. The molecule has 1 aromatic heterocycles. The lowest BCUT2D eigenvalue weighted by Crippen LogP contribution is -2.27. The molecular formula is C21H21N5O2. The first kappa shape index (κ1) is 19.0. The summed E-state index contributed by atoms with van der Waals surface area (Å²) in [6, 6.07) is 20.3. The van der Waals surface area contributed by atoms with Crippen LogP contribution in [0.1, 0.15) is 23.0 Å². The summed E-state index contributed by atoms with van der Waals surface area (Å²) in [5, 5.41) is 13.9. The third-order valence-corrected chi connectivity index (χ3v) is 3.95. The van der Waals surface area contributed by atoms with Crippen LogP contribution in [-0.4, -0.2) is 34.0 Å². The topological polar surface area (TPSA) is 87.2 Å². The molecule has 0 aliphatic heterocycles. The molecule has 0 atom stereocenters. The van der Waals surface area contributed by atoms with Crippen molar-refractivity contribution in [3.63, 3.8) is 0 Å². The molecule has 2 aromatic carbocycles. The van der Waals surface area contributed by atoms with Gasteiger partial charge in [0.2, 0.25) is 5.91 Å². The standard InChI is InChI=1S/C21H21N5O2/c1-15(27)22-17-9-6-10-18(13-17)23-20-12-11-19(24-25-20)21(28)26(2)14-16-7-4-3-5-8-16/h3-13H,14H2,1-2H3,(H,22,27)(H,23,25). The molecule has 0 fully saturated rings. The number of hydrogen-bond donors (Lipinski definition) is 2. The molecule has 0 aliphatic carbocycles. The smallest absolute Gasteiger partial charge is 0.274 e. The average molecular weight is 375 g/mol. The van der Waals surface area contributed by atoms with E-state index in [9.17, 15) is 9.59 Å². The highest BCUT2D eigenvalue weighted by Crippen LogP contribution is 2.19. The third-order valence-electron chi connectivity index (χ3n) is 3.95. The van der Waals surface area contributed by atoms with E-state index in [1.807, 2.05) is 42.5 Å². The van der Waals surface area contributed by atoms with Crippen LogP contribution in [0.5, 0.6) is 0 Å². The molecule has 7 heteroatoms. The zero-order valence-corrected chi connectivity index (χ0v) is 15.7. The van der Waals surface area contributed by atoms with Crippen molar-refractivity contribution in [3.8, 4) is 0 Å². The van der Waals surface area contributed by atoms with Crippen molar-refractivity contribution in [1.82, 2.24) is 15.1 Å². The Morgan fingerprint density at radius 1 is 0.929 bits per heavy atom. The van der Waals surface area contributed by atoms with Gasteiger partial charge in [0.1, 0.15) is 0 Å². The number of anilines is 3. The van der Waals surface area contributed by atoms with Gasteiger partial charge in [0.25, 0.3) is 5.91 Å². The fraction of sp³-hybridized carbons (Fsp3) is 0.143. The Hall–Kier alpha value is -3.74. The highest BCUT2D eigenvalue weighted by molar-refractivity contribution is 5.92. The van der Waals surface area contributed by atoms with E-state index < -0.39 is 0 Å². The Kier molecular flexibility index (Phi) is 5.96. The molecule has 7 nitrogen and oxygen atoms in total. The zero-order valence-electron chi connectivity index (χ0n) is 15.7. The Morgan fingerprint density at radius 2 is 1.68 bits per heavy atom. The fourth-order valence-electron chi connectivity index (χ4n) is 2.66. The number of aromatic nitrogens is 2. The zero-order chi connectivity index (χ0) is 19.9. The molecular weight excluding hydrogens is 354 g/mol. The molecule has 0 saturated heterocycles. The first-order chi connectivity index (χ1) is 13.5. The summed E-state index contributed by atoms with van der Waals surface area (Å²) in [7, 11) is 1.73. The largest absolute Gasteiger partial charge is 0.339 e. The van der Waals surface area contributed by atoms with Gasteiger partial charge in [-0.15, -0.1) is 10.2 Å². The summed E-state index contributed by atoms with van der Waals surface area (Å²) in [6.07, 6.45) is 0. The fourth-order valence-corrected chi connectivity index (χ4v) is 2.66. The molecule has 0 aliphatic rings. The molecule has 0 saturated carbocycles. The summed E-state index contributed by atoms with van der Waals surface area (Å²) >= 11 is 0. The van der Waals surface area contributed by atoms with Crippen LogP contribution in [0.2, 0.25) is 0 Å². The molecule has 0 bridgehead atoms. The van der Waals surface area contributed by atoms with Crippen LogP contribution < -0.4 is 10.6 Å². The second-order valence-electron chi connectivity index (χ2n) is 6.34. The summed E-state index contributed by atoms with van der Waals surface area (Å²) in [5.41, 5.74) is 2.75. The number of carbonyl (C=O) groups excluding carboxylic acids is 2. The molecule has 0 unspecified atom stereocenters. The minimum atomic E-state index is -0.199. The maximum atomic E-state index is 12.5. The number of nitrogens with one attached hydrogen (secondary N) is 2. The molecule has 28 heavy (non-hydrogen) atoms. The molecule has 1 heterocycles. The first-order valence-electron chi connectivity index (χ1n) is 8.79. The second kappa shape index (κ2) is 8.77. The van der Waals surface area contributed by atoms with E-state index >= 15 is 0 Å². The quantitative estimate of drug-likeness (QED) is 0.689. The molecule has 142 valence electrons. The number of amides is 2. The summed E-state index contributed by atoms with van der Waals surface area (Å²) < 4.78 is 0. The van der Waals surface area contributed by atoms with Crippen LogP contribution in [0, 0.1) is 0 Å². The van der Waals surface area contributed by atoms with Gasteiger partial charge in [-0.05, 0) is 35.9 Å². The highest BCUT2D eigenvalue weighted by atomic mass is 16.2. The number of carbonyl (C=O) groups is 2. The Bertz CT molecular complexity index is 958. The number of hydrogen-bond acceptors (Lipinski definition) is 5. The summed E-state index contributed by atoms with van der Waals surface area (Å²) in [4.78, 5) is 25.3. The van der Waals surface area contributed by atoms with Gasteiger partial charge in [0.15, 0.2) is 11.5 Å². The maximum absolute atomic E-state index is 12.5. The average Bonchev–Trinajstić information content (AvgIpc) is 2.68. The number of benzene rings is 2. The maximum Gasteiger partial charge on any atom is 0.274 e. The lowest BCUT2D eigenvalue weighted by molar-refractivity contribution is -0.114. The van der Waals surface area contributed by atoms with Crippen molar-refractivity contribution in [3.05, 3.63) is 78.0 Å². The van der Waals surface area contributed by atoms with Gasteiger partial charge in [-0.3, -0.25) is 9.59 Å². The molecule has 2 N–H and O–H groups in total. The van der Waals surface area contributed by atoms with E-state index in [0.717, 1.165) is 11.3 Å². The van der Waals surface area contributed by atoms with E-state index in [4.69, 9.17) is 0 Å². The van der Waals surface area contributed by atoms with Gasteiger partial charge in [0, 0.05) is 31.9 Å². The van der Waals surface area contributed by atoms with E-state index in [1.165, 1.54) is 6.92 Å². The van der Waals surface area contributed by atoms with Crippen LogP contribution in [0.3, 0.4) is 0 Å². The van der Waals surface area contributed by atoms with Gasteiger partial charge in [0.05, 0.1) is 0 Å². The molecule has 3 aromatic rings. The predicted octanol–water partition coefficient (Wildman–Crippen LogP) is 3.45. The van der Waals surface area contributed by atoms with Crippen molar-refractivity contribution in [2.45, 2.75) is 13.5 Å². The first-order valence-corrected chi connectivity index (χ1v) is 8.79. The lowest BCUT2D eigenvalue weighted by atomic mass is 10.2. The highest BCUT2D eigenvalue weighted by Gasteiger charge is 2.14. The van der Waals surface area contributed by atoms with Crippen LogP contribution in [-0.2, 0) is 11.3 Å².